The van der Waals surface area contributed by atoms with E-state index in [9.17, 15) is 8.42 Å². The molecule has 0 fully saturated rings. The smallest absolute Gasteiger partial charge is 0.263 e. The highest BCUT2D eigenvalue weighted by Crippen LogP contribution is 2.32. The second-order valence-corrected chi connectivity index (χ2v) is 9.27. The summed E-state index contributed by atoms with van der Waals surface area (Å²) < 4.78 is 28.0. The highest BCUT2D eigenvalue weighted by molar-refractivity contribution is 9.11. The predicted octanol–water partition coefficient (Wildman–Crippen LogP) is 3.91. The summed E-state index contributed by atoms with van der Waals surface area (Å²) in [5.41, 5.74) is 6.32. The fourth-order valence-corrected chi connectivity index (χ4v) is 5.49. The van der Waals surface area contributed by atoms with Crippen LogP contribution in [0.4, 0.5) is 5.69 Å². The van der Waals surface area contributed by atoms with Crippen molar-refractivity contribution in [3.05, 3.63) is 43.5 Å². The molecule has 0 radical (unpaired) electrons. The Hall–Kier alpha value is -0.670. The van der Waals surface area contributed by atoms with E-state index in [1.54, 1.807) is 25.1 Å². The van der Waals surface area contributed by atoms with E-state index in [-0.39, 0.29) is 20.6 Å². The summed E-state index contributed by atoms with van der Waals surface area (Å²) in [6.45, 7) is 1.73. The summed E-state index contributed by atoms with van der Waals surface area (Å²) in [7, 11) is -3.73. The number of anilines is 1. The van der Waals surface area contributed by atoms with Gasteiger partial charge in [0.15, 0.2) is 0 Å². The van der Waals surface area contributed by atoms with Crippen LogP contribution in [0, 0.1) is 6.92 Å². The second kappa shape index (κ2) is 6.21. The molecule has 2 rings (SSSR count). The van der Waals surface area contributed by atoms with Gasteiger partial charge in [-0.05, 0) is 41.1 Å². The molecule has 21 heavy (non-hydrogen) atoms. The first-order valence-corrected chi connectivity index (χ1v) is 9.46. The Morgan fingerprint density at radius 3 is 2.62 bits per heavy atom. The van der Waals surface area contributed by atoms with E-state index < -0.39 is 10.0 Å². The molecule has 4 nitrogen and oxygen atoms in total. The standard InChI is InChI=1S/C12H10BrClN2O2S3/c1-6-10(5-11(13)20-6)21(17,18)16-9-4-7(12(15)19)2-3-8(9)14/h2-5,16H,1H3,(H2,15,19). The van der Waals surface area contributed by atoms with Crippen molar-refractivity contribution in [3.63, 3.8) is 0 Å². The van der Waals surface area contributed by atoms with Gasteiger partial charge in [0, 0.05) is 10.4 Å². The van der Waals surface area contributed by atoms with Gasteiger partial charge in [-0.15, -0.1) is 11.3 Å². The van der Waals surface area contributed by atoms with Gasteiger partial charge in [0.05, 0.1) is 14.5 Å². The molecule has 0 aliphatic carbocycles. The molecule has 1 heterocycles. The zero-order valence-electron chi connectivity index (χ0n) is 10.7. The molecule has 0 spiro atoms. The van der Waals surface area contributed by atoms with Gasteiger partial charge in [-0.2, -0.15) is 0 Å². The largest absolute Gasteiger partial charge is 0.389 e. The van der Waals surface area contributed by atoms with Crippen LogP contribution >= 0.6 is 51.1 Å². The first-order chi connectivity index (χ1) is 9.70. The first-order valence-electron chi connectivity index (χ1n) is 5.59. The number of nitrogens with one attached hydrogen (secondary N) is 1. The SMILES string of the molecule is Cc1sc(Br)cc1S(=O)(=O)Nc1cc(C(N)=S)ccc1Cl. The number of thiophene rings is 1. The maximum atomic E-state index is 12.4. The number of hydrogen-bond acceptors (Lipinski definition) is 4. The summed E-state index contributed by atoms with van der Waals surface area (Å²) in [4.78, 5) is 1.05. The van der Waals surface area contributed by atoms with Gasteiger partial charge in [0.1, 0.15) is 9.88 Å². The molecule has 9 heteroatoms. The van der Waals surface area contributed by atoms with Gasteiger partial charge in [0.2, 0.25) is 0 Å². The monoisotopic (exact) mass is 424 g/mol. The third kappa shape index (κ3) is 3.75. The number of halogens is 2. The van der Waals surface area contributed by atoms with Gasteiger partial charge in [-0.3, -0.25) is 4.72 Å². The molecule has 0 aliphatic heterocycles. The van der Waals surface area contributed by atoms with Crippen molar-refractivity contribution in [3.8, 4) is 0 Å². The van der Waals surface area contributed by atoms with Crippen LogP contribution in [0.25, 0.3) is 0 Å². The number of aryl methyl sites for hydroxylation is 1. The lowest BCUT2D eigenvalue weighted by molar-refractivity contribution is 0.601. The van der Waals surface area contributed by atoms with E-state index >= 15 is 0 Å². The van der Waals surface area contributed by atoms with Crippen LogP contribution in [0.15, 0.2) is 32.9 Å². The Kier molecular flexibility index (Phi) is 4.94. The molecule has 0 unspecified atom stereocenters. The van der Waals surface area contributed by atoms with Crippen LogP contribution < -0.4 is 10.5 Å². The van der Waals surface area contributed by atoms with Gasteiger partial charge in [0.25, 0.3) is 10.0 Å². The van der Waals surface area contributed by atoms with E-state index in [1.165, 1.54) is 17.4 Å². The lowest BCUT2D eigenvalue weighted by atomic mass is 10.2. The number of rotatable bonds is 4. The molecule has 0 saturated heterocycles. The van der Waals surface area contributed by atoms with E-state index in [4.69, 9.17) is 29.6 Å². The zero-order valence-corrected chi connectivity index (χ0v) is 15.5. The second-order valence-electron chi connectivity index (χ2n) is 4.14. The van der Waals surface area contributed by atoms with E-state index in [2.05, 4.69) is 20.7 Å². The normalized spacial score (nSPS) is 11.4. The van der Waals surface area contributed by atoms with Crippen LogP contribution in [0.5, 0.6) is 0 Å². The highest BCUT2D eigenvalue weighted by Gasteiger charge is 2.21. The lowest BCUT2D eigenvalue weighted by Crippen LogP contribution is -2.15. The zero-order chi connectivity index (χ0) is 15.8. The van der Waals surface area contributed by atoms with Crippen LogP contribution in [-0.2, 0) is 10.0 Å². The number of thiocarbonyl (C=S) groups is 1. The summed E-state index contributed by atoms with van der Waals surface area (Å²) in [5.74, 6) is 0. The Morgan fingerprint density at radius 1 is 1.43 bits per heavy atom. The summed E-state index contributed by atoms with van der Waals surface area (Å²) in [5, 5.41) is 0.269. The maximum absolute atomic E-state index is 12.4. The average molecular weight is 426 g/mol. The molecule has 112 valence electrons. The molecule has 0 saturated carbocycles. The third-order valence-electron chi connectivity index (χ3n) is 2.63. The summed E-state index contributed by atoms with van der Waals surface area (Å²) >= 11 is 15.5. The van der Waals surface area contributed by atoms with Crippen molar-refractivity contribution in [1.29, 1.82) is 0 Å². The third-order valence-corrected chi connectivity index (χ3v) is 6.37. The molecule has 2 aromatic rings. The van der Waals surface area contributed by atoms with Crippen molar-refractivity contribution in [2.45, 2.75) is 11.8 Å². The van der Waals surface area contributed by atoms with Crippen molar-refractivity contribution in [2.75, 3.05) is 4.72 Å². The summed E-state index contributed by atoms with van der Waals surface area (Å²) in [6, 6.07) is 6.24. The molecule has 0 bridgehead atoms. The Bertz CT molecular complexity index is 818. The van der Waals surface area contributed by atoms with Crippen molar-refractivity contribution in [1.82, 2.24) is 0 Å². The van der Waals surface area contributed by atoms with E-state index in [1.807, 2.05) is 0 Å². The van der Waals surface area contributed by atoms with Crippen LogP contribution in [-0.4, -0.2) is 13.4 Å². The van der Waals surface area contributed by atoms with Crippen molar-refractivity contribution >= 4 is 71.8 Å². The maximum Gasteiger partial charge on any atom is 0.263 e. The first kappa shape index (κ1) is 16.7. The molecule has 1 aromatic carbocycles. The topological polar surface area (TPSA) is 72.2 Å². The number of hydrogen-bond donors (Lipinski definition) is 2. The van der Waals surface area contributed by atoms with Gasteiger partial charge in [-0.1, -0.05) is 29.9 Å². The highest BCUT2D eigenvalue weighted by atomic mass is 79.9. The molecule has 0 aliphatic rings. The Morgan fingerprint density at radius 2 is 2.10 bits per heavy atom. The molecule has 3 N–H and O–H groups in total. The molecule has 0 amide bonds. The Labute approximate surface area is 145 Å². The van der Waals surface area contributed by atoms with Gasteiger partial charge < -0.3 is 5.73 Å². The quantitative estimate of drug-likeness (QED) is 0.729. The minimum absolute atomic E-state index is 0.168. The average Bonchev–Trinajstić information content (AvgIpc) is 2.71. The fraction of sp³-hybridized carbons (Fsp3) is 0.0833. The predicted molar refractivity (Wildman–Crippen MR) is 94.9 cm³/mol. The minimum atomic E-state index is -3.73. The van der Waals surface area contributed by atoms with E-state index in [0.717, 1.165) is 3.79 Å². The minimum Gasteiger partial charge on any atom is -0.389 e. The lowest BCUT2D eigenvalue weighted by Gasteiger charge is -2.10. The van der Waals surface area contributed by atoms with E-state index in [0.29, 0.717) is 10.4 Å². The number of benzene rings is 1. The number of nitrogens with two attached hydrogens (primary N) is 1. The molecule has 1 aromatic heterocycles. The van der Waals surface area contributed by atoms with Crippen molar-refractivity contribution in [2.24, 2.45) is 5.73 Å². The Balaban J connectivity index is 2.43. The summed E-state index contributed by atoms with van der Waals surface area (Å²) in [6.07, 6.45) is 0. The molecular formula is C12H10BrClN2O2S3. The molecular weight excluding hydrogens is 416 g/mol. The van der Waals surface area contributed by atoms with Gasteiger partial charge in [-0.25, -0.2) is 8.42 Å². The van der Waals surface area contributed by atoms with Crippen molar-refractivity contribution < 1.29 is 8.42 Å². The molecule has 0 atom stereocenters. The van der Waals surface area contributed by atoms with Gasteiger partial charge >= 0.3 is 0 Å². The van der Waals surface area contributed by atoms with Crippen LogP contribution in [0.1, 0.15) is 10.4 Å². The van der Waals surface area contributed by atoms with Crippen LogP contribution in [0.2, 0.25) is 5.02 Å². The number of sulfonamides is 1. The fourth-order valence-electron chi connectivity index (χ4n) is 1.65. The van der Waals surface area contributed by atoms with Crippen LogP contribution in [0.3, 0.4) is 0 Å².